The van der Waals surface area contributed by atoms with Gasteiger partial charge in [-0.2, -0.15) is 10.2 Å². The Morgan fingerprint density at radius 3 is 2.82 bits per heavy atom. The van der Waals surface area contributed by atoms with Crippen molar-refractivity contribution in [3.8, 4) is 11.8 Å². The van der Waals surface area contributed by atoms with Crippen LogP contribution in [0, 0.1) is 11.8 Å². The second-order valence-corrected chi connectivity index (χ2v) is 1.86. The Balaban J connectivity index is 3.71. The van der Waals surface area contributed by atoms with Crippen molar-refractivity contribution in [2.75, 3.05) is 6.54 Å². The summed E-state index contributed by atoms with van der Waals surface area (Å²) in [5.74, 6) is 4.28. The molecule has 4 heteroatoms. The highest BCUT2D eigenvalue weighted by molar-refractivity contribution is 5.72. The zero-order valence-corrected chi connectivity index (χ0v) is 6.53. The molecule has 0 rings (SSSR count). The van der Waals surface area contributed by atoms with Gasteiger partial charge in [-0.25, -0.2) is 4.79 Å². The van der Waals surface area contributed by atoms with Gasteiger partial charge in [-0.05, 0) is 13.8 Å². The number of rotatable bonds is 3. The maximum Gasteiger partial charge on any atom is 0.330 e. The molecule has 0 aromatic rings. The summed E-state index contributed by atoms with van der Waals surface area (Å²) in [4.78, 5) is 10.2. The molecule has 1 N–H and O–H groups in total. The van der Waals surface area contributed by atoms with Crippen LogP contribution < -0.4 is 0 Å². The molecular weight excluding hydrogens is 144 g/mol. The number of aliphatic carboxylic acids is 1. The highest BCUT2D eigenvalue weighted by atomic mass is 16.4. The van der Waals surface area contributed by atoms with Crippen LogP contribution >= 0.6 is 0 Å². The van der Waals surface area contributed by atoms with Gasteiger partial charge in [0.1, 0.15) is 6.54 Å². The summed E-state index contributed by atoms with van der Waals surface area (Å²) in [6.45, 7) is 3.43. The topological polar surface area (TPSA) is 62.0 Å². The van der Waals surface area contributed by atoms with Crippen molar-refractivity contribution in [3.63, 3.8) is 0 Å². The molecule has 0 amide bonds. The molecule has 0 saturated heterocycles. The van der Waals surface area contributed by atoms with Gasteiger partial charge in [0.15, 0.2) is 6.04 Å². The lowest BCUT2D eigenvalue weighted by Gasteiger charge is -1.93. The molecule has 0 aliphatic rings. The zero-order valence-electron chi connectivity index (χ0n) is 6.53. The van der Waals surface area contributed by atoms with Crippen LogP contribution in [-0.2, 0) is 4.79 Å². The second-order valence-electron chi connectivity index (χ2n) is 1.86. The molecule has 0 radical (unpaired) electrons. The van der Waals surface area contributed by atoms with Crippen molar-refractivity contribution in [2.45, 2.75) is 19.9 Å². The van der Waals surface area contributed by atoms with Crippen LogP contribution in [0.1, 0.15) is 13.8 Å². The number of carbonyl (C=O) groups is 1. The lowest BCUT2D eigenvalue weighted by Crippen LogP contribution is -2.12. The SMILES string of the molecule is CC#CCN=NC(C)C(=O)O. The van der Waals surface area contributed by atoms with Crippen molar-refractivity contribution in [1.29, 1.82) is 0 Å². The fraction of sp³-hybridized carbons (Fsp3) is 0.571. The van der Waals surface area contributed by atoms with Crippen LogP contribution in [-0.4, -0.2) is 23.7 Å². The minimum absolute atomic E-state index is 0.272. The van der Waals surface area contributed by atoms with E-state index in [1.807, 2.05) is 0 Å². The maximum atomic E-state index is 10.2. The fourth-order valence-electron chi connectivity index (χ4n) is 0.327. The van der Waals surface area contributed by atoms with Crippen LogP contribution in [0.15, 0.2) is 10.2 Å². The smallest absolute Gasteiger partial charge is 0.330 e. The van der Waals surface area contributed by atoms with E-state index >= 15 is 0 Å². The minimum atomic E-state index is -0.974. The van der Waals surface area contributed by atoms with E-state index in [0.717, 1.165) is 0 Å². The maximum absolute atomic E-state index is 10.2. The molecule has 0 aromatic heterocycles. The van der Waals surface area contributed by atoms with E-state index in [-0.39, 0.29) is 6.54 Å². The van der Waals surface area contributed by atoms with E-state index in [1.54, 1.807) is 6.92 Å². The Kier molecular flexibility index (Phi) is 4.74. The highest BCUT2D eigenvalue weighted by Gasteiger charge is 2.06. The van der Waals surface area contributed by atoms with Crippen LogP contribution in [0.5, 0.6) is 0 Å². The standard InChI is InChI=1S/C7H10N2O2/c1-3-4-5-8-9-6(2)7(10)11/h6H,5H2,1-2H3,(H,10,11). The molecule has 0 heterocycles. The monoisotopic (exact) mass is 154 g/mol. The number of nitrogens with zero attached hydrogens (tertiary/aromatic N) is 2. The molecule has 0 fully saturated rings. The number of hydrogen-bond acceptors (Lipinski definition) is 3. The van der Waals surface area contributed by atoms with E-state index < -0.39 is 12.0 Å². The summed E-state index contributed by atoms with van der Waals surface area (Å²) in [7, 11) is 0. The highest BCUT2D eigenvalue weighted by Crippen LogP contribution is 1.89. The number of carboxylic acid groups (broad SMARTS) is 1. The van der Waals surface area contributed by atoms with E-state index in [2.05, 4.69) is 22.1 Å². The van der Waals surface area contributed by atoms with Crippen LogP contribution in [0.2, 0.25) is 0 Å². The molecule has 0 saturated carbocycles. The number of hydrogen-bond donors (Lipinski definition) is 1. The summed E-state index contributed by atoms with van der Waals surface area (Å²) < 4.78 is 0. The molecule has 60 valence electrons. The Morgan fingerprint density at radius 2 is 2.36 bits per heavy atom. The van der Waals surface area contributed by atoms with E-state index in [4.69, 9.17) is 5.11 Å². The van der Waals surface area contributed by atoms with Crippen LogP contribution in [0.4, 0.5) is 0 Å². The molecule has 0 bridgehead atoms. The Bertz CT molecular complexity index is 212. The molecule has 0 aromatic carbocycles. The first-order chi connectivity index (χ1) is 5.18. The Labute approximate surface area is 65.3 Å². The number of carboxylic acids is 1. The fourth-order valence-corrected chi connectivity index (χ4v) is 0.327. The van der Waals surface area contributed by atoms with E-state index in [1.165, 1.54) is 6.92 Å². The molecule has 1 atom stereocenters. The zero-order chi connectivity index (χ0) is 8.69. The van der Waals surface area contributed by atoms with Gasteiger partial charge in [0.05, 0.1) is 0 Å². The van der Waals surface area contributed by atoms with Gasteiger partial charge in [-0.1, -0.05) is 5.92 Å². The first-order valence-corrected chi connectivity index (χ1v) is 3.17. The molecule has 4 nitrogen and oxygen atoms in total. The van der Waals surface area contributed by atoms with Gasteiger partial charge >= 0.3 is 5.97 Å². The van der Waals surface area contributed by atoms with E-state index in [0.29, 0.717) is 0 Å². The number of azo groups is 1. The lowest BCUT2D eigenvalue weighted by molar-refractivity contribution is -0.138. The third-order valence-electron chi connectivity index (χ3n) is 0.939. The van der Waals surface area contributed by atoms with Gasteiger partial charge in [0, 0.05) is 0 Å². The van der Waals surface area contributed by atoms with Crippen molar-refractivity contribution >= 4 is 5.97 Å². The summed E-state index contributed by atoms with van der Waals surface area (Å²) in [6, 6.07) is -0.770. The largest absolute Gasteiger partial charge is 0.480 e. The van der Waals surface area contributed by atoms with Crippen LogP contribution in [0.3, 0.4) is 0 Å². The second kappa shape index (κ2) is 5.42. The summed E-state index contributed by atoms with van der Waals surface area (Å²) in [5.41, 5.74) is 0. The molecule has 11 heavy (non-hydrogen) atoms. The van der Waals surface area contributed by atoms with Crippen molar-refractivity contribution < 1.29 is 9.90 Å². The average Bonchev–Trinajstić information content (AvgIpc) is 1.97. The predicted octanol–water partition coefficient (Wildman–Crippen LogP) is 0.935. The molecule has 0 spiro atoms. The summed E-state index contributed by atoms with van der Waals surface area (Å²) >= 11 is 0. The minimum Gasteiger partial charge on any atom is -0.480 e. The lowest BCUT2D eigenvalue weighted by atomic mass is 10.4. The molecule has 0 aliphatic carbocycles. The first kappa shape index (κ1) is 9.63. The predicted molar refractivity (Wildman–Crippen MR) is 40.3 cm³/mol. The van der Waals surface area contributed by atoms with Crippen molar-refractivity contribution in [1.82, 2.24) is 0 Å². The van der Waals surface area contributed by atoms with Gasteiger partial charge in [-0.3, -0.25) is 0 Å². The normalized spacial score (nSPS) is 12.2. The van der Waals surface area contributed by atoms with Gasteiger partial charge in [-0.15, -0.1) is 5.92 Å². The van der Waals surface area contributed by atoms with Gasteiger partial charge in [0.2, 0.25) is 0 Å². The van der Waals surface area contributed by atoms with Crippen molar-refractivity contribution in [3.05, 3.63) is 0 Å². The molecular formula is C7H10N2O2. The summed E-state index contributed by atoms with van der Waals surface area (Å²) in [6.07, 6.45) is 0. The summed E-state index contributed by atoms with van der Waals surface area (Å²) in [5, 5.41) is 15.4. The third-order valence-corrected chi connectivity index (χ3v) is 0.939. The Morgan fingerprint density at radius 1 is 1.73 bits per heavy atom. The van der Waals surface area contributed by atoms with Crippen LogP contribution in [0.25, 0.3) is 0 Å². The quantitative estimate of drug-likeness (QED) is 0.485. The first-order valence-electron chi connectivity index (χ1n) is 3.17. The van der Waals surface area contributed by atoms with E-state index in [9.17, 15) is 4.79 Å². The van der Waals surface area contributed by atoms with Gasteiger partial charge in [0.25, 0.3) is 0 Å². The molecule has 1 unspecified atom stereocenters. The third kappa shape index (κ3) is 5.09. The van der Waals surface area contributed by atoms with Gasteiger partial charge < -0.3 is 5.11 Å². The Hall–Kier alpha value is -1.37. The molecule has 0 aliphatic heterocycles. The average molecular weight is 154 g/mol. The van der Waals surface area contributed by atoms with Crippen molar-refractivity contribution in [2.24, 2.45) is 10.2 Å².